The molecule has 1 aliphatic rings. The first-order chi connectivity index (χ1) is 12.5. The van der Waals surface area contributed by atoms with Crippen molar-refractivity contribution >= 4 is 22.4 Å². The molecule has 1 N–H and O–H groups in total. The Hall–Kier alpha value is -2.07. The van der Waals surface area contributed by atoms with Gasteiger partial charge in [0.1, 0.15) is 11.4 Å². The van der Waals surface area contributed by atoms with Crippen molar-refractivity contribution in [1.29, 1.82) is 0 Å². The van der Waals surface area contributed by atoms with Gasteiger partial charge in [-0.3, -0.25) is 4.79 Å². The van der Waals surface area contributed by atoms with Gasteiger partial charge in [0.2, 0.25) is 0 Å². The van der Waals surface area contributed by atoms with Gasteiger partial charge in [0, 0.05) is 23.1 Å². The van der Waals surface area contributed by atoms with Gasteiger partial charge in [-0.05, 0) is 58.1 Å². The maximum atomic E-state index is 13.0. The second kappa shape index (κ2) is 7.67. The van der Waals surface area contributed by atoms with E-state index in [9.17, 15) is 4.79 Å². The van der Waals surface area contributed by atoms with Crippen LogP contribution in [0, 0.1) is 5.92 Å². The number of anilines is 1. The third-order valence-electron chi connectivity index (χ3n) is 5.29. The Kier molecular flexibility index (Phi) is 5.52. The summed E-state index contributed by atoms with van der Waals surface area (Å²) >= 11 is 0. The number of rotatable bonds is 8. The molecule has 2 aromatic rings. The average molecular weight is 355 g/mol. The summed E-state index contributed by atoms with van der Waals surface area (Å²) < 4.78 is 11.9. The van der Waals surface area contributed by atoms with Crippen LogP contribution in [0.4, 0.5) is 5.69 Å². The molecule has 140 valence electrons. The van der Waals surface area contributed by atoms with E-state index in [1.54, 1.807) is 0 Å². The highest BCUT2D eigenvalue weighted by molar-refractivity contribution is 6.06. The maximum Gasteiger partial charge on any atom is 0.256 e. The predicted octanol–water partition coefficient (Wildman–Crippen LogP) is 5.16. The number of benzene rings is 2. The number of carbonyl (C=O) groups is 1. The Balaban J connectivity index is 1.91. The highest BCUT2D eigenvalue weighted by Crippen LogP contribution is 2.43. The van der Waals surface area contributed by atoms with Crippen LogP contribution in [0.3, 0.4) is 0 Å². The quantitative estimate of drug-likeness (QED) is 0.711. The van der Waals surface area contributed by atoms with Gasteiger partial charge in [-0.25, -0.2) is 0 Å². The molecular formula is C22H29NO3. The van der Waals surface area contributed by atoms with Crippen molar-refractivity contribution in [3.63, 3.8) is 0 Å². The lowest BCUT2D eigenvalue weighted by molar-refractivity contribution is -0.141. The number of fused-ring (bicyclic) bond motifs is 1. The Morgan fingerprint density at radius 2 is 1.88 bits per heavy atom. The minimum atomic E-state index is -0.762. The van der Waals surface area contributed by atoms with Crippen molar-refractivity contribution in [3.05, 3.63) is 36.4 Å². The molecule has 0 aliphatic heterocycles. The standard InChI is InChI=1S/C22H29NO3/c1-5-15(3)26-20-14-13-19(17-9-7-8-10-18(17)20)23-21(24)22(4,25-6-2)16-11-12-16/h7-10,13-16H,5-6,11-12H2,1-4H3,(H,23,24)/t15-,22-/m0/s1. The first-order valence-corrected chi connectivity index (χ1v) is 9.63. The molecule has 1 fully saturated rings. The van der Waals surface area contributed by atoms with Gasteiger partial charge in [0.15, 0.2) is 0 Å². The van der Waals surface area contributed by atoms with Crippen molar-refractivity contribution in [2.75, 3.05) is 11.9 Å². The number of ether oxygens (including phenoxy) is 2. The van der Waals surface area contributed by atoms with Crippen molar-refractivity contribution in [3.8, 4) is 5.75 Å². The lowest BCUT2D eigenvalue weighted by Crippen LogP contribution is -2.44. The van der Waals surface area contributed by atoms with E-state index in [4.69, 9.17) is 9.47 Å². The molecule has 0 bridgehead atoms. The van der Waals surface area contributed by atoms with Crippen LogP contribution in [0.25, 0.3) is 10.8 Å². The number of amides is 1. The lowest BCUT2D eigenvalue weighted by atomic mass is 9.98. The molecule has 0 spiro atoms. The smallest absolute Gasteiger partial charge is 0.256 e. The van der Waals surface area contributed by atoms with Gasteiger partial charge in [0.25, 0.3) is 5.91 Å². The molecule has 1 saturated carbocycles. The van der Waals surface area contributed by atoms with E-state index in [2.05, 4.69) is 19.2 Å². The van der Waals surface area contributed by atoms with Crippen LogP contribution in [0.1, 0.15) is 47.0 Å². The van der Waals surface area contributed by atoms with Crippen LogP contribution in [-0.2, 0) is 9.53 Å². The normalized spacial score (nSPS) is 17.5. The van der Waals surface area contributed by atoms with E-state index >= 15 is 0 Å². The minimum absolute atomic E-state index is 0.0670. The van der Waals surface area contributed by atoms with E-state index in [-0.39, 0.29) is 12.0 Å². The largest absolute Gasteiger partial charge is 0.490 e. The van der Waals surface area contributed by atoms with Crippen LogP contribution < -0.4 is 10.1 Å². The zero-order valence-electron chi connectivity index (χ0n) is 16.2. The molecule has 0 unspecified atom stereocenters. The summed E-state index contributed by atoms with van der Waals surface area (Å²) in [6.45, 7) is 8.54. The summed E-state index contributed by atoms with van der Waals surface area (Å²) in [6.07, 6.45) is 3.19. The summed E-state index contributed by atoms with van der Waals surface area (Å²) in [5.41, 5.74) is 0.0376. The lowest BCUT2D eigenvalue weighted by Gasteiger charge is -2.28. The number of hydrogen-bond acceptors (Lipinski definition) is 3. The molecule has 2 aromatic carbocycles. The predicted molar refractivity (Wildman–Crippen MR) is 106 cm³/mol. The second-order valence-corrected chi connectivity index (χ2v) is 7.26. The number of hydrogen-bond donors (Lipinski definition) is 1. The minimum Gasteiger partial charge on any atom is -0.490 e. The van der Waals surface area contributed by atoms with Crippen molar-refractivity contribution < 1.29 is 14.3 Å². The topological polar surface area (TPSA) is 47.6 Å². The highest BCUT2D eigenvalue weighted by Gasteiger charge is 2.48. The Morgan fingerprint density at radius 1 is 1.19 bits per heavy atom. The van der Waals surface area contributed by atoms with Gasteiger partial charge in [0.05, 0.1) is 6.10 Å². The summed E-state index contributed by atoms with van der Waals surface area (Å²) in [5.74, 6) is 1.09. The summed E-state index contributed by atoms with van der Waals surface area (Å²) in [4.78, 5) is 13.0. The molecule has 2 atom stereocenters. The fourth-order valence-corrected chi connectivity index (χ4v) is 3.33. The highest BCUT2D eigenvalue weighted by atomic mass is 16.5. The zero-order chi connectivity index (χ0) is 18.7. The van der Waals surface area contributed by atoms with Crippen LogP contribution in [0.5, 0.6) is 5.75 Å². The van der Waals surface area contributed by atoms with E-state index < -0.39 is 5.60 Å². The van der Waals surface area contributed by atoms with Gasteiger partial charge >= 0.3 is 0 Å². The maximum absolute atomic E-state index is 13.0. The summed E-state index contributed by atoms with van der Waals surface area (Å²) in [6, 6.07) is 11.9. The molecular weight excluding hydrogens is 326 g/mol. The van der Waals surface area contributed by atoms with Gasteiger partial charge in [-0.15, -0.1) is 0 Å². The van der Waals surface area contributed by atoms with Crippen LogP contribution in [-0.4, -0.2) is 24.2 Å². The van der Waals surface area contributed by atoms with Crippen LogP contribution >= 0.6 is 0 Å². The average Bonchev–Trinajstić information content (AvgIpc) is 3.49. The molecule has 4 heteroatoms. The number of carbonyl (C=O) groups excluding carboxylic acids is 1. The molecule has 1 amide bonds. The SMILES string of the molecule is CCO[C@](C)(C(=O)Nc1ccc(O[C@@H](C)CC)c2ccccc12)C1CC1. The second-order valence-electron chi connectivity index (χ2n) is 7.26. The van der Waals surface area contributed by atoms with Crippen molar-refractivity contribution in [2.24, 2.45) is 5.92 Å². The Labute approximate surface area is 155 Å². The van der Waals surface area contributed by atoms with Gasteiger partial charge in [-0.1, -0.05) is 31.2 Å². The van der Waals surface area contributed by atoms with Gasteiger partial charge in [-0.2, -0.15) is 0 Å². The molecule has 1 aliphatic carbocycles. The molecule has 0 saturated heterocycles. The number of nitrogens with one attached hydrogen (secondary N) is 1. The summed E-state index contributed by atoms with van der Waals surface area (Å²) in [7, 11) is 0. The molecule has 0 heterocycles. The molecule has 4 nitrogen and oxygen atoms in total. The summed E-state index contributed by atoms with van der Waals surface area (Å²) in [5, 5.41) is 5.10. The van der Waals surface area contributed by atoms with E-state index in [0.717, 1.165) is 41.5 Å². The fourth-order valence-electron chi connectivity index (χ4n) is 3.33. The fraction of sp³-hybridized carbons (Fsp3) is 0.500. The first kappa shape index (κ1) is 18.7. The Bertz CT molecular complexity index is 784. The van der Waals surface area contributed by atoms with Crippen LogP contribution in [0.2, 0.25) is 0 Å². The molecule has 26 heavy (non-hydrogen) atoms. The van der Waals surface area contributed by atoms with Crippen molar-refractivity contribution in [2.45, 2.75) is 58.7 Å². The first-order valence-electron chi connectivity index (χ1n) is 9.63. The van der Waals surface area contributed by atoms with Crippen molar-refractivity contribution in [1.82, 2.24) is 0 Å². The monoisotopic (exact) mass is 355 g/mol. The third kappa shape index (κ3) is 3.70. The van der Waals surface area contributed by atoms with E-state index in [1.807, 2.05) is 50.2 Å². The molecule has 0 radical (unpaired) electrons. The van der Waals surface area contributed by atoms with E-state index in [1.165, 1.54) is 0 Å². The van der Waals surface area contributed by atoms with Crippen LogP contribution in [0.15, 0.2) is 36.4 Å². The van der Waals surface area contributed by atoms with Gasteiger partial charge < -0.3 is 14.8 Å². The zero-order valence-corrected chi connectivity index (χ0v) is 16.2. The molecule has 3 rings (SSSR count). The third-order valence-corrected chi connectivity index (χ3v) is 5.29. The Morgan fingerprint density at radius 3 is 2.50 bits per heavy atom. The molecule has 0 aromatic heterocycles. The van der Waals surface area contributed by atoms with E-state index in [0.29, 0.717) is 12.5 Å².